The lowest BCUT2D eigenvalue weighted by Gasteiger charge is -2.47. The zero-order chi connectivity index (χ0) is 24.9. The molecular weight excluding hydrogens is 442 g/mol. The van der Waals surface area contributed by atoms with Gasteiger partial charge in [-0.1, -0.05) is 53.7 Å². The van der Waals surface area contributed by atoms with E-state index in [-0.39, 0.29) is 21.3 Å². The molecule has 6 heteroatoms. The minimum atomic E-state index is -1.86. The number of nitrogens with two attached hydrogens (primary N) is 1. The second-order valence-corrected chi connectivity index (χ2v) is 23.5. The highest BCUT2D eigenvalue weighted by atomic mass is 28.4. The topological polar surface area (TPSA) is 53.7 Å². The Hall–Kier alpha value is -0.666. The first kappa shape index (κ1) is 26.9. The van der Waals surface area contributed by atoms with Crippen LogP contribution in [0.15, 0.2) is 24.3 Å². The van der Waals surface area contributed by atoms with Gasteiger partial charge in [-0.25, -0.2) is 0 Å². The summed E-state index contributed by atoms with van der Waals surface area (Å²) in [6.45, 7) is 24.6. The van der Waals surface area contributed by atoms with Crippen LogP contribution in [0.25, 0.3) is 0 Å². The van der Waals surface area contributed by atoms with E-state index in [4.69, 9.17) is 19.3 Å². The second-order valence-electron chi connectivity index (χ2n) is 13.8. The number of hydrogen-bond acceptors (Lipinski definition) is 4. The number of anilines is 1. The quantitative estimate of drug-likeness (QED) is 0.317. The molecule has 0 unspecified atom stereocenters. The van der Waals surface area contributed by atoms with E-state index in [1.54, 1.807) is 0 Å². The molecular formula is C27H49NO3Si2. The number of rotatable bonds is 7. The maximum atomic E-state index is 7.03. The molecule has 4 nitrogen and oxygen atoms in total. The summed E-state index contributed by atoms with van der Waals surface area (Å²) >= 11 is 0. The first-order valence-electron chi connectivity index (χ1n) is 12.7. The van der Waals surface area contributed by atoms with Gasteiger partial charge in [-0.3, -0.25) is 0 Å². The molecule has 3 atom stereocenters. The average molecular weight is 492 g/mol. The van der Waals surface area contributed by atoms with Crippen molar-refractivity contribution in [2.75, 3.05) is 18.9 Å². The fraction of sp³-hybridized carbons (Fsp3) is 0.778. The Morgan fingerprint density at radius 3 is 1.58 bits per heavy atom. The third-order valence-electron chi connectivity index (χ3n) is 9.12. The van der Waals surface area contributed by atoms with Crippen molar-refractivity contribution in [3.05, 3.63) is 29.8 Å². The smallest absolute Gasteiger partial charge is 0.192 e. The van der Waals surface area contributed by atoms with Gasteiger partial charge in [0, 0.05) is 5.69 Å². The zero-order valence-corrected chi connectivity index (χ0v) is 24.9. The predicted octanol–water partition coefficient (Wildman–Crippen LogP) is 7.48. The molecule has 0 aliphatic carbocycles. The fourth-order valence-corrected chi connectivity index (χ4v) is 6.77. The van der Waals surface area contributed by atoms with Crippen LogP contribution in [0.2, 0.25) is 36.3 Å². The van der Waals surface area contributed by atoms with Crippen LogP contribution in [-0.4, -0.2) is 41.1 Å². The minimum absolute atomic E-state index is 0.190. The van der Waals surface area contributed by atoms with Gasteiger partial charge in [0.05, 0.1) is 24.4 Å². The standard InChI is InChI=1S/C27H49NO3Si2/c1-24(2,3)32(7,8)29-19-26-15-16-27(31-26,20-30-33(9,10)25(4,5)6)18-22(17-26)21-11-13-23(28)14-12-21/h11-14,22H,15-20,28H2,1-10H3/t22-,26-,27+. The van der Waals surface area contributed by atoms with E-state index in [2.05, 4.69) is 79.9 Å². The van der Waals surface area contributed by atoms with Gasteiger partial charge in [-0.2, -0.15) is 0 Å². The Morgan fingerprint density at radius 2 is 1.21 bits per heavy atom. The zero-order valence-electron chi connectivity index (χ0n) is 22.9. The van der Waals surface area contributed by atoms with Crippen molar-refractivity contribution >= 4 is 22.3 Å². The predicted molar refractivity (Wildman–Crippen MR) is 145 cm³/mol. The van der Waals surface area contributed by atoms with Crippen molar-refractivity contribution in [3.63, 3.8) is 0 Å². The normalized spacial score (nSPS) is 28.8. The van der Waals surface area contributed by atoms with Crippen LogP contribution >= 0.6 is 0 Å². The Kier molecular flexibility index (Phi) is 7.16. The van der Waals surface area contributed by atoms with Crippen LogP contribution in [0.3, 0.4) is 0 Å². The summed E-state index contributed by atoms with van der Waals surface area (Å²) in [5, 5.41) is 0.381. The van der Waals surface area contributed by atoms with Crippen molar-refractivity contribution in [2.24, 2.45) is 0 Å². The monoisotopic (exact) mass is 491 g/mol. The number of nitrogen functional groups attached to an aromatic ring is 1. The van der Waals surface area contributed by atoms with E-state index in [1.807, 2.05) is 12.1 Å². The largest absolute Gasteiger partial charge is 0.414 e. The van der Waals surface area contributed by atoms with Gasteiger partial charge in [0.15, 0.2) is 16.6 Å². The first-order valence-corrected chi connectivity index (χ1v) is 18.5. The molecule has 2 fully saturated rings. The number of fused-ring (bicyclic) bond motifs is 2. The van der Waals surface area contributed by atoms with Gasteiger partial charge in [-0.15, -0.1) is 0 Å². The summed E-state index contributed by atoms with van der Waals surface area (Å²) in [5.74, 6) is 0.438. The molecule has 2 aliphatic heterocycles. The van der Waals surface area contributed by atoms with E-state index in [1.165, 1.54) is 5.56 Å². The molecule has 3 rings (SSSR count). The number of hydrogen-bond donors (Lipinski definition) is 1. The summed E-state index contributed by atoms with van der Waals surface area (Å²) in [7, 11) is -3.72. The molecule has 0 radical (unpaired) electrons. The van der Waals surface area contributed by atoms with E-state index < -0.39 is 16.6 Å². The average Bonchev–Trinajstić information content (AvgIpc) is 2.95. The summed E-state index contributed by atoms with van der Waals surface area (Å²) in [6.07, 6.45) is 4.11. The lowest BCUT2D eigenvalue weighted by molar-refractivity contribution is -0.173. The maximum absolute atomic E-state index is 7.03. The molecule has 0 saturated carbocycles. The van der Waals surface area contributed by atoms with E-state index in [0.717, 1.165) is 31.4 Å². The molecule has 2 N–H and O–H groups in total. The van der Waals surface area contributed by atoms with Gasteiger partial charge in [-0.05, 0) is 85.6 Å². The SMILES string of the molecule is CC(C)(C)[Si](C)(C)OC[C@@]12CC[C@@](CO[Si](C)(C)C(C)(C)C)(C[C@H](c3ccc(N)cc3)C1)O2. The summed E-state index contributed by atoms with van der Waals surface area (Å²) in [4.78, 5) is 0. The number of benzene rings is 1. The first-order chi connectivity index (χ1) is 14.9. The summed E-state index contributed by atoms with van der Waals surface area (Å²) in [6, 6.07) is 8.47. The third-order valence-corrected chi connectivity index (χ3v) is 18.1. The van der Waals surface area contributed by atoms with Crippen LogP contribution in [-0.2, 0) is 13.6 Å². The lowest BCUT2D eigenvalue weighted by atomic mass is 9.80. The lowest BCUT2D eigenvalue weighted by Crippen LogP contribution is -2.53. The number of ether oxygens (including phenoxy) is 1. The highest BCUT2D eigenvalue weighted by Gasteiger charge is 2.57. The summed E-state index contributed by atoms with van der Waals surface area (Å²) < 4.78 is 20.6. The Balaban J connectivity index is 1.86. The van der Waals surface area contributed by atoms with Crippen LogP contribution < -0.4 is 5.73 Å². The molecule has 0 amide bonds. The van der Waals surface area contributed by atoms with Gasteiger partial charge in [0.2, 0.25) is 0 Å². The molecule has 1 aromatic rings. The second kappa shape index (κ2) is 8.77. The Morgan fingerprint density at radius 1 is 0.818 bits per heavy atom. The van der Waals surface area contributed by atoms with Crippen molar-refractivity contribution < 1.29 is 13.6 Å². The van der Waals surface area contributed by atoms with Gasteiger partial charge < -0.3 is 19.3 Å². The van der Waals surface area contributed by atoms with Crippen molar-refractivity contribution in [3.8, 4) is 0 Å². The van der Waals surface area contributed by atoms with Crippen LogP contribution in [0.5, 0.6) is 0 Å². The summed E-state index contributed by atoms with van der Waals surface area (Å²) in [5.41, 5.74) is 7.72. The Bertz CT molecular complexity index is 779. The third kappa shape index (κ3) is 5.77. The maximum Gasteiger partial charge on any atom is 0.192 e. The molecule has 2 heterocycles. The molecule has 188 valence electrons. The molecule has 33 heavy (non-hydrogen) atoms. The molecule has 2 bridgehead atoms. The Labute approximate surface area is 205 Å². The van der Waals surface area contributed by atoms with E-state index in [9.17, 15) is 0 Å². The van der Waals surface area contributed by atoms with Crippen LogP contribution in [0.4, 0.5) is 5.69 Å². The van der Waals surface area contributed by atoms with Gasteiger partial charge in [0.25, 0.3) is 0 Å². The van der Waals surface area contributed by atoms with Crippen molar-refractivity contribution in [1.82, 2.24) is 0 Å². The minimum Gasteiger partial charge on any atom is -0.414 e. The molecule has 0 spiro atoms. The molecule has 2 aliphatic rings. The van der Waals surface area contributed by atoms with Crippen LogP contribution in [0, 0.1) is 0 Å². The van der Waals surface area contributed by atoms with Gasteiger partial charge >= 0.3 is 0 Å². The highest BCUT2D eigenvalue weighted by Crippen LogP contribution is 2.55. The molecule has 1 aromatic carbocycles. The van der Waals surface area contributed by atoms with Crippen molar-refractivity contribution in [2.45, 2.75) is 121 Å². The van der Waals surface area contributed by atoms with Crippen molar-refractivity contribution in [1.29, 1.82) is 0 Å². The molecule has 2 saturated heterocycles. The fourth-order valence-electron chi connectivity index (χ4n) is 4.66. The van der Waals surface area contributed by atoms with Gasteiger partial charge in [0.1, 0.15) is 0 Å². The van der Waals surface area contributed by atoms with E-state index >= 15 is 0 Å². The van der Waals surface area contributed by atoms with E-state index in [0.29, 0.717) is 19.1 Å². The highest BCUT2D eigenvalue weighted by molar-refractivity contribution is 6.74. The van der Waals surface area contributed by atoms with Crippen LogP contribution in [0.1, 0.15) is 78.7 Å². The molecule has 0 aromatic heterocycles.